The first-order chi connectivity index (χ1) is 4.83. The van der Waals surface area contributed by atoms with E-state index in [-0.39, 0.29) is 5.60 Å². The molecule has 0 N–H and O–H groups in total. The molecule has 0 aromatic carbocycles. The lowest BCUT2D eigenvalue weighted by Crippen LogP contribution is -2.30. The monoisotopic (exact) mass is 176 g/mol. The molecule has 0 saturated carbocycles. The zero-order valence-corrected chi connectivity index (χ0v) is 9.11. The zero-order chi connectivity index (χ0) is 9.07. The van der Waals surface area contributed by atoms with Crippen LogP contribution >= 0.6 is 12.6 Å². The van der Waals surface area contributed by atoms with E-state index < -0.39 is 0 Å². The Morgan fingerprint density at radius 1 is 1.27 bits per heavy atom. The minimum Gasteiger partial charge on any atom is -0.373 e. The van der Waals surface area contributed by atoms with Gasteiger partial charge in [0.15, 0.2) is 0 Å². The van der Waals surface area contributed by atoms with Crippen molar-refractivity contribution >= 4 is 12.6 Å². The van der Waals surface area contributed by atoms with Crippen molar-refractivity contribution in [3.05, 3.63) is 0 Å². The van der Waals surface area contributed by atoms with Gasteiger partial charge in [-0.1, -0.05) is 6.92 Å². The van der Waals surface area contributed by atoms with Gasteiger partial charge < -0.3 is 4.74 Å². The van der Waals surface area contributed by atoms with E-state index in [9.17, 15) is 0 Å². The standard InChI is InChI=1S/C9H20OS/c1-7(2)10-9(4,5)6-8(3)11/h7-8,11H,6H2,1-5H3. The normalized spacial score (nSPS) is 15.5. The van der Waals surface area contributed by atoms with E-state index in [1.165, 1.54) is 0 Å². The minimum absolute atomic E-state index is 0.0324. The molecule has 11 heavy (non-hydrogen) atoms. The molecular weight excluding hydrogens is 156 g/mol. The van der Waals surface area contributed by atoms with Gasteiger partial charge >= 0.3 is 0 Å². The summed E-state index contributed by atoms with van der Waals surface area (Å²) in [5, 5.41) is 0.406. The lowest BCUT2D eigenvalue weighted by atomic mass is 10.0. The van der Waals surface area contributed by atoms with E-state index in [2.05, 4.69) is 47.2 Å². The van der Waals surface area contributed by atoms with Crippen LogP contribution in [0.2, 0.25) is 0 Å². The second-order valence-electron chi connectivity index (χ2n) is 3.98. The predicted molar refractivity (Wildman–Crippen MR) is 53.4 cm³/mol. The van der Waals surface area contributed by atoms with E-state index in [1.54, 1.807) is 0 Å². The van der Waals surface area contributed by atoms with Crippen LogP contribution in [-0.4, -0.2) is 17.0 Å². The highest BCUT2D eigenvalue weighted by molar-refractivity contribution is 7.80. The summed E-state index contributed by atoms with van der Waals surface area (Å²) in [6.07, 6.45) is 1.30. The van der Waals surface area contributed by atoms with Crippen LogP contribution in [-0.2, 0) is 4.74 Å². The van der Waals surface area contributed by atoms with Crippen molar-refractivity contribution in [2.45, 2.75) is 58.0 Å². The SMILES string of the molecule is CC(S)CC(C)(C)OC(C)C. The van der Waals surface area contributed by atoms with Crippen molar-refractivity contribution in [3.8, 4) is 0 Å². The molecule has 0 rings (SSSR count). The Bertz CT molecular complexity index is 96.1. The Morgan fingerprint density at radius 2 is 1.73 bits per heavy atom. The molecule has 0 aromatic rings. The molecule has 0 heterocycles. The van der Waals surface area contributed by atoms with Crippen LogP contribution < -0.4 is 0 Å². The first-order valence-corrected chi connectivity index (χ1v) is 4.71. The smallest absolute Gasteiger partial charge is 0.0640 e. The number of thiol groups is 1. The van der Waals surface area contributed by atoms with Gasteiger partial charge in [0, 0.05) is 5.25 Å². The van der Waals surface area contributed by atoms with Crippen molar-refractivity contribution in [3.63, 3.8) is 0 Å². The van der Waals surface area contributed by atoms with Gasteiger partial charge in [-0.05, 0) is 34.1 Å². The molecule has 0 radical (unpaired) electrons. The fourth-order valence-corrected chi connectivity index (χ4v) is 1.84. The Hall–Kier alpha value is 0.310. The summed E-state index contributed by atoms with van der Waals surface area (Å²) in [5.74, 6) is 0. The van der Waals surface area contributed by atoms with Crippen LogP contribution in [0.4, 0.5) is 0 Å². The summed E-state index contributed by atoms with van der Waals surface area (Å²) in [4.78, 5) is 0. The molecule has 0 fully saturated rings. The number of hydrogen-bond donors (Lipinski definition) is 1. The minimum atomic E-state index is -0.0324. The Labute approximate surface area is 75.9 Å². The van der Waals surface area contributed by atoms with Gasteiger partial charge in [-0.3, -0.25) is 0 Å². The third-order valence-electron chi connectivity index (χ3n) is 1.34. The van der Waals surface area contributed by atoms with Gasteiger partial charge in [0.25, 0.3) is 0 Å². The topological polar surface area (TPSA) is 9.23 Å². The molecule has 0 aliphatic carbocycles. The van der Waals surface area contributed by atoms with Crippen molar-refractivity contribution < 1.29 is 4.74 Å². The van der Waals surface area contributed by atoms with Crippen molar-refractivity contribution in [1.82, 2.24) is 0 Å². The average molecular weight is 176 g/mol. The van der Waals surface area contributed by atoms with Gasteiger partial charge in [-0.25, -0.2) is 0 Å². The Kier molecular flexibility index (Phi) is 4.49. The molecule has 0 saturated heterocycles. The quantitative estimate of drug-likeness (QED) is 0.648. The molecule has 0 spiro atoms. The van der Waals surface area contributed by atoms with Gasteiger partial charge in [0.2, 0.25) is 0 Å². The van der Waals surface area contributed by atoms with Gasteiger partial charge in [0.05, 0.1) is 11.7 Å². The van der Waals surface area contributed by atoms with Crippen LogP contribution in [0.1, 0.15) is 41.0 Å². The van der Waals surface area contributed by atoms with E-state index in [0.717, 1.165) is 6.42 Å². The molecular formula is C9H20OS. The van der Waals surface area contributed by atoms with Crippen LogP contribution in [0, 0.1) is 0 Å². The molecule has 0 bridgehead atoms. The second-order valence-corrected chi connectivity index (χ2v) is 4.86. The summed E-state index contributed by atoms with van der Waals surface area (Å²) in [6, 6.07) is 0. The molecule has 1 unspecified atom stereocenters. The van der Waals surface area contributed by atoms with E-state index in [1.807, 2.05) is 0 Å². The van der Waals surface area contributed by atoms with Gasteiger partial charge in [-0.15, -0.1) is 0 Å². The first kappa shape index (κ1) is 11.3. The first-order valence-electron chi connectivity index (χ1n) is 4.19. The number of rotatable bonds is 4. The summed E-state index contributed by atoms with van der Waals surface area (Å²) < 4.78 is 5.70. The average Bonchev–Trinajstić information content (AvgIpc) is 1.53. The summed E-state index contributed by atoms with van der Waals surface area (Å²) in [7, 11) is 0. The molecule has 0 amide bonds. The van der Waals surface area contributed by atoms with Gasteiger partial charge in [-0.2, -0.15) is 12.6 Å². The largest absolute Gasteiger partial charge is 0.373 e. The predicted octanol–water partition coefficient (Wildman–Crippen LogP) is 2.90. The lowest BCUT2D eigenvalue weighted by Gasteiger charge is -2.29. The van der Waals surface area contributed by atoms with Crippen LogP contribution in [0.25, 0.3) is 0 Å². The highest BCUT2D eigenvalue weighted by atomic mass is 32.1. The Morgan fingerprint density at radius 3 is 2.00 bits per heavy atom. The maximum Gasteiger partial charge on any atom is 0.0640 e. The molecule has 0 aliphatic rings. The molecule has 0 aliphatic heterocycles. The fraction of sp³-hybridized carbons (Fsp3) is 1.00. The maximum absolute atomic E-state index is 5.70. The second kappa shape index (κ2) is 4.36. The highest BCUT2D eigenvalue weighted by Gasteiger charge is 2.21. The Balaban J connectivity index is 3.79. The van der Waals surface area contributed by atoms with E-state index in [0.29, 0.717) is 11.4 Å². The maximum atomic E-state index is 5.70. The molecule has 2 heteroatoms. The van der Waals surface area contributed by atoms with Crippen molar-refractivity contribution in [2.75, 3.05) is 0 Å². The summed E-state index contributed by atoms with van der Waals surface area (Å²) in [5.41, 5.74) is -0.0324. The fourth-order valence-electron chi connectivity index (χ4n) is 1.40. The molecule has 68 valence electrons. The van der Waals surface area contributed by atoms with Crippen LogP contribution in [0.5, 0.6) is 0 Å². The molecule has 1 atom stereocenters. The van der Waals surface area contributed by atoms with E-state index in [4.69, 9.17) is 4.74 Å². The third kappa shape index (κ3) is 6.70. The molecule has 1 nitrogen and oxygen atoms in total. The third-order valence-corrected chi connectivity index (χ3v) is 1.52. The molecule has 0 aromatic heterocycles. The summed E-state index contributed by atoms with van der Waals surface area (Å²) >= 11 is 4.33. The highest BCUT2D eigenvalue weighted by Crippen LogP contribution is 2.20. The van der Waals surface area contributed by atoms with Gasteiger partial charge in [0.1, 0.15) is 0 Å². The van der Waals surface area contributed by atoms with Crippen LogP contribution in [0.15, 0.2) is 0 Å². The number of ether oxygens (including phenoxy) is 1. The zero-order valence-electron chi connectivity index (χ0n) is 8.22. The van der Waals surface area contributed by atoms with Crippen molar-refractivity contribution in [2.24, 2.45) is 0 Å². The van der Waals surface area contributed by atoms with E-state index >= 15 is 0 Å². The lowest BCUT2D eigenvalue weighted by molar-refractivity contribution is -0.0595. The number of hydrogen-bond acceptors (Lipinski definition) is 2. The van der Waals surface area contributed by atoms with Crippen LogP contribution in [0.3, 0.4) is 0 Å². The van der Waals surface area contributed by atoms with Crippen molar-refractivity contribution in [1.29, 1.82) is 0 Å². The summed E-state index contributed by atoms with van der Waals surface area (Å²) in [6.45, 7) is 10.4.